The second kappa shape index (κ2) is 9.26. The van der Waals surface area contributed by atoms with Crippen LogP contribution in [0.3, 0.4) is 0 Å². The topological polar surface area (TPSA) is 84.1 Å². The summed E-state index contributed by atoms with van der Waals surface area (Å²) in [5, 5.41) is 5.06. The number of benzene rings is 1. The molecule has 0 radical (unpaired) electrons. The number of rotatable bonds is 5. The van der Waals surface area contributed by atoms with Gasteiger partial charge < -0.3 is 9.15 Å². The fraction of sp³-hybridized carbons (Fsp3) is 0.579. The number of aromatic nitrogens is 2. The van der Waals surface area contributed by atoms with Gasteiger partial charge in [-0.3, -0.25) is 4.90 Å². The third-order valence-corrected chi connectivity index (χ3v) is 7.88. The third-order valence-electron chi connectivity index (χ3n) is 5.38. The number of nitrogens with zero attached hydrogens (tertiary/aromatic N) is 5. The van der Waals surface area contributed by atoms with Crippen molar-refractivity contribution in [1.82, 2.24) is 23.3 Å². The van der Waals surface area contributed by atoms with Gasteiger partial charge in [0.1, 0.15) is 0 Å². The largest absolute Gasteiger partial charge is 0.409 e. The third kappa shape index (κ3) is 5.19. The van der Waals surface area contributed by atoms with Crippen molar-refractivity contribution in [2.45, 2.75) is 32.7 Å². The van der Waals surface area contributed by atoms with Gasteiger partial charge in [-0.1, -0.05) is 17.7 Å². The Balaban J connectivity index is 1.38. The summed E-state index contributed by atoms with van der Waals surface area (Å²) in [5.74, 6) is 0.407. The van der Waals surface area contributed by atoms with Crippen molar-refractivity contribution in [2.24, 2.45) is 0 Å². The minimum Gasteiger partial charge on any atom is -0.409 e. The van der Waals surface area contributed by atoms with Crippen molar-refractivity contribution in [3.63, 3.8) is 0 Å². The zero-order chi connectivity index (χ0) is 22.2. The van der Waals surface area contributed by atoms with Gasteiger partial charge in [0, 0.05) is 49.9 Å². The van der Waals surface area contributed by atoms with E-state index in [4.69, 9.17) is 33.0 Å². The molecule has 2 atom stereocenters. The highest BCUT2D eigenvalue weighted by Crippen LogP contribution is 2.22. The Kier molecular flexibility index (Phi) is 6.82. The molecule has 12 heteroatoms. The smallest absolute Gasteiger partial charge is 0.288 e. The standard InChI is InChI=1S/C19H26ClN5O4S2/c1-14-11-24(12-15(2)28-14)31(26,27)23-8-6-22(7-9-23)13-25-19(30)29-18(21-25)16-4-3-5-17(20)10-16/h3-5,10,14-15H,6-9,11-13H2,1-2H3. The molecule has 31 heavy (non-hydrogen) atoms. The molecule has 2 aromatic rings. The van der Waals surface area contributed by atoms with Crippen molar-refractivity contribution in [2.75, 3.05) is 39.3 Å². The molecular weight excluding hydrogens is 462 g/mol. The van der Waals surface area contributed by atoms with E-state index in [1.54, 1.807) is 21.1 Å². The van der Waals surface area contributed by atoms with E-state index in [0.29, 0.717) is 56.9 Å². The molecule has 0 N–H and O–H groups in total. The Labute approximate surface area is 192 Å². The van der Waals surface area contributed by atoms with Gasteiger partial charge in [0.15, 0.2) is 0 Å². The fourth-order valence-corrected chi connectivity index (χ4v) is 6.02. The molecule has 0 amide bonds. The number of morpholine rings is 1. The zero-order valence-corrected chi connectivity index (χ0v) is 19.9. The maximum absolute atomic E-state index is 13.1. The highest BCUT2D eigenvalue weighted by molar-refractivity contribution is 7.86. The SMILES string of the molecule is CC1CN(S(=O)(=O)N2CCN(Cn3nc(-c4cccc(Cl)c4)oc3=S)CC2)CC(C)O1. The maximum atomic E-state index is 13.1. The first-order valence-electron chi connectivity index (χ1n) is 10.2. The molecule has 2 aliphatic rings. The zero-order valence-electron chi connectivity index (χ0n) is 17.5. The normalized spacial score (nSPS) is 24.5. The Hall–Kier alpha value is -1.34. The fourth-order valence-electron chi connectivity index (χ4n) is 3.91. The van der Waals surface area contributed by atoms with Crippen LogP contribution in [0.25, 0.3) is 11.5 Å². The number of hydrogen-bond donors (Lipinski definition) is 0. The molecule has 2 saturated heterocycles. The van der Waals surface area contributed by atoms with E-state index in [9.17, 15) is 8.42 Å². The van der Waals surface area contributed by atoms with Gasteiger partial charge >= 0.3 is 0 Å². The summed E-state index contributed by atoms with van der Waals surface area (Å²) in [6, 6.07) is 7.23. The minimum atomic E-state index is -3.51. The lowest BCUT2D eigenvalue weighted by Gasteiger charge is -2.40. The van der Waals surface area contributed by atoms with Crippen molar-refractivity contribution in [3.8, 4) is 11.5 Å². The quantitative estimate of drug-likeness (QED) is 0.599. The van der Waals surface area contributed by atoms with Crippen LogP contribution >= 0.6 is 23.8 Å². The molecule has 1 aromatic heterocycles. The van der Waals surface area contributed by atoms with Crippen LogP contribution in [0.2, 0.25) is 5.02 Å². The van der Waals surface area contributed by atoms with Crippen LogP contribution in [-0.2, 0) is 21.6 Å². The lowest BCUT2D eigenvalue weighted by atomic mass is 10.2. The summed E-state index contributed by atoms with van der Waals surface area (Å²) in [4.78, 5) is 2.37. The van der Waals surface area contributed by atoms with Gasteiger partial charge in [0.2, 0.25) is 5.89 Å². The summed E-state index contributed by atoms with van der Waals surface area (Å²) in [6.07, 6.45) is -0.218. The molecule has 3 heterocycles. The lowest BCUT2D eigenvalue weighted by molar-refractivity contribution is -0.0458. The van der Waals surface area contributed by atoms with E-state index in [1.807, 2.05) is 26.0 Å². The predicted molar refractivity (Wildman–Crippen MR) is 119 cm³/mol. The predicted octanol–water partition coefficient (Wildman–Crippen LogP) is 2.46. The Bertz CT molecular complexity index is 1070. The van der Waals surface area contributed by atoms with Crippen molar-refractivity contribution < 1.29 is 17.6 Å². The van der Waals surface area contributed by atoms with Crippen molar-refractivity contribution in [3.05, 3.63) is 34.1 Å². The highest BCUT2D eigenvalue weighted by Gasteiger charge is 2.36. The van der Waals surface area contributed by atoms with Crippen LogP contribution in [0, 0.1) is 4.84 Å². The molecule has 2 aliphatic heterocycles. The summed E-state index contributed by atoms with van der Waals surface area (Å²) in [5.41, 5.74) is 0.752. The number of halogens is 1. The van der Waals surface area contributed by atoms with Crippen LogP contribution < -0.4 is 0 Å². The second-order valence-corrected chi connectivity index (χ2v) is 10.6. The van der Waals surface area contributed by atoms with Gasteiger partial charge in [-0.2, -0.15) is 17.0 Å². The van der Waals surface area contributed by atoms with Crippen LogP contribution in [0.4, 0.5) is 0 Å². The van der Waals surface area contributed by atoms with Crippen molar-refractivity contribution >= 4 is 34.0 Å². The number of hydrogen-bond acceptors (Lipinski definition) is 7. The summed E-state index contributed by atoms with van der Waals surface area (Å²) in [7, 11) is -3.51. The molecule has 170 valence electrons. The lowest BCUT2D eigenvalue weighted by Crippen LogP contribution is -2.57. The average Bonchev–Trinajstić information content (AvgIpc) is 3.08. The van der Waals surface area contributed by atoms with Crippen LogP contribution in [0.1, 0.15) is 13.8 Å². The van der Waals surface area contributed by atoms with Crippen LogP contribution in [0.5, 0.6) is 0 Å². The maximum Gasteiger partial charge on any atom is 0.288 e. The Morgan fingerprint density at radius 2 is 1.81 bits per heavy atom. The molecule has 0 aliphatic carbocycles. The van der Waals surface area contributed by atoms with E-state index in [0.717, 1.165) is 5.56 Å². The van der Waals surface area contributed by atoms with E-state index < -0.39 is 10.2 Å². The highest BCUT2D eigenvalue weighted by atomic mass is 35.5. The number of ether oxygens (including phenoxy) is 1. The van der Waals surface area contributed by atoms with E-state index in [-0.39, 0.29) is 17.0 Å². The summed E-state index contributed by atoms with van der Waals surface area (Å²) in [6.45, 7) is 6.97. The molecule has 2 unspecified atom stereocenters. The van der Waals surface area contributed by atoms with Gasteiger partial charge in [-0.25, -0.2) is 4.68 Å². The summed E-state index contributed by atoms with van der Waals surface area (Å²) >= 11 is 11.4. The first-order chi connectivity index (χ1) is 14.7. The molecule has 4 rings (SSSR count). The van der Waals surface area contributed by atoms with Crippen LogP contribution in [0.15, 0.2) is 28.7 Å². The molecule has 1 aromatic carbocycles. The van der Waals surface area contributed by atoms with Gasteiger partial charge in [-0.05, 0) is 44.3 Å². The molecule has 9 nitrogen and oxygen atoms in total. The second-order valence-electron chi connectivity index (χ2n) is 7.92. The monoisotopic (exact) mass is 487 g/mol. The van der Waals surface area contributed by atoms with E-state index in [2.05, 4.69) is 10.00 Å². The van der Waals surface area contributed by atoms with Gasteiger partial charge in [0.25, 0.3) is 15.0 Å². The van der Waals surface area contributed by atoms with E-state index >= 15 is 0 Å². The van der Waals surface area contributed by atoms with E-state index in [1.165, 1.54) is 4.31 Å². The van der Waals surface area contributed by atoms with Crippen molar-refractivity contribution in [1.29, 1.82) is 0 Å². The van der Waals surface area contributed by atoms with Crippen LogP contribution in [-0.4, -0.2) is 83.2 Å². The number of piperazine rings is 1. The minimum absolute atomic E-state index is 0.109. The molecular formula is C19H26ClN5O4S2. The first-order valence-corrected chi connectivity index (χ1v) is 12.4. The molecule has 0 bridgehead atoms. The molecule has 0 spiro atoms. The average molecular weight is 488 g/mol. The first kappa shape index (κ1) is 22.8. The van der Waals surface area contributed by atoms with Gasteiger partial charge in [-0.15, -0.1) is 5.10 Å². The summed E-state index contributed by atoms with van der Waals surface area (Å²) < 4.78 is 42.1. The van der Waals surface area contributed by atoms with Gasteiger partial charge in [0.05, 0.1) is 18.9 Å². The Morgan fingerprint density at radius 1 is 1.13 bits per heavy atom. The molecule has 2 fully saturated rings. The Morgan fingerprint density at radius 3 is 2.45 bits per heavy atom. The molecule has 0 saturated carbocycles.